The molecular weight excluding hydrogens is 756 g/mol. The number of nitrogens with two attached hydrogens (primary N) is 1. The van der Waals surface area contributed by atoms with Gasteiger partial charge in [0.05, 0.1) is 32.8 Å². The smallest absolute Gasteiger partial charge is 0.345 e. The number of rotatable bonds is 16. The summed E-state index contributed by atoms with van der Waals surface area (Å²) in [6.45, 7) is -2.34. The Morgan fingerprint density at radius 3 is 2.04 bits per heavy atom. The second kappa shape index (κ2) is 17.3. The summed E-state index contributed by atoms with van der Waals surface area (Å²) in [5, 5.41) is 73.3. The highest BCUT2D eigenvalue weighted by molar-refractivity contribution is 7.71. The molecule has 0 spiro atoms. The van der Waals surface area contributed by atoms with Gasteiger partial charge in [-0.1, -0.05) is 60.7 Å². The molecule has 294 valence electrons. The maximum atomic E-state index is 14.7. The van der Waals surface area contributed by atoms with Gasteiger partial charge < -0.3 is 64.5 Å². The zero-order valence-corrected chi connectivity index (χ0v) is 30.2. The molecule has 0 aliphatic carbocycles. The number of imidazole rings is 1. The number of anilines is 1. The topological polar surface area (TPSA) is 301 Å². The number of nitrogens with zero attached hydrogens (tertiary/aromatic N) is 4. The van der Waals surface area contributed by atoms with Crippen LogP contribution in [0.25, 0.3) is 11.2 Å². The van der Waals surface area contributed by atoms with Crippen molar-refractivity contribution in [1.82, 2.24) is 19.5 Å². The van der Waals surface area contributed by atoms with Crippen LogP contribution in [0.5, 0.6) is 0 Å². The summed E-state index contributed by atoms with van der Waals surface area (Å²) >= 11 is 0. The summed E-state index contributed by atoms with van der Waals surface area (Å²) < 4.78 is 64.9. The molecule has 12 atom stereocenters. The van der Waals surface area contributed by atoms with Crippen LogP contribution in [-0.4, -0.2) is 130 Å². The van der Waals surface area contributed by atoms with E-state index in [0.29, 0.717) is 11.1 Å². The minimum Gasteiger partial charge on any atom is -0.394 e. The SMILES string of the molecule is Nc1ncnc2c1ncn2[C@@H]1O[C@H](COP(=O)(CP(=O)(OCc2ccccc2)O[C@@H]2OC([C@H](O)CO)[C@@H](O)[C@H](O)C2O)OCc2ccccc2)C(O)[C@@H]1O. The molecule has 4 aromatic rings. The van der Waals surface area contributed by atoms with Gasteiger partial charge in [0.2, 0.25) is 0 Å². The Labute approximate surface area is 307 Å². The number of ether oxygens (including phenoxy) is 2. The second-order valence-corrected chi connectivity index (χ2v) is 17.2. The van der Waals surface area contributed by atoms with Crippen molar-refractivity contribution in [3.8, 4) is 0 Å². The molecule has 0 bridgehead atoms. The molecule has 22 heteroatoms. The van der Waals surface area contributed by atoms with Crippen LogP contribution >= 0.6 is 15.2 Å². The third-order valence-corrected chi connectivity index (χ3v) is 13.6. The number of hydrogen-bond donors (Lipinski definition) is 8. The quantitative estimate of drug-likeness (QED) is 0.0692. The van der Waals surface area contributed by atoms with E-state index in [1.54, 1.807) is 60.7 Å². The summed E-state index contributed by atoms with van der Waals surface area (Å²) in [5.41, 5.74) is 7.33. The summed E-state index contributed by atoms with van der Waals surface area (Å²) in [4.78, 5) is 12.2. The van der Waals surface area contributed by atoms with Crippen molar-refractivity contribution in [2.24, 2.45) is 0 Å². The van der Waals surface area contributed by atoms with Crippen molar-refractivity contribution in [3.05, 3.63) is 84.4 Å². The molecule has 2 fully saturated rings. The van der Waals surface area contributed by atoms with Crippen LogP contribution in [0.1, 0.15) is 17.4 Å². The van der Waals surface area contributed by atoms with Crippen LogP contribution in [0.15, 0.2) is 73.3 Å². The Morgan fingerprint density at radius 2 is 1.41 bits per heavy atom. The first-order chi connectivity index (χ1) is 25.8. The third kappa shape index (κ3) is 9.05. The molecule has 2 aliphatic rings. The lowest BCUT2D eigenvalue weighted by Gasteiger charge is -2.42. The number of fused-ring (bicyclic) bond motifs is 1. The van der Waals surface area contributed by atoms with Gasteiger partial charge in [-0.05, 0) is 11.1 Å². The number of benzene rings is 2. The Hall–Kier alpha value is -3.27. The molecule has 2 aliphatic heterocycles. The van der Waals surface area contributed by atoms with E-state index < -0.39 is 102 Å². The Bertz CT molecular complexity index is 1930. The number of hydrogen-bond acceptors (Lipinski definition) is 19. The molecule has 20 nitrogen and oxygen atoms in total. The molecule has 0 amide bonds. The highest BCUT2D eigenvalue weighted by Crippen LogP contribution is 2.65. The van der Waals surface area contributed by atoms with E-state index in [4.69, 9.17) is 33.3 Å². The molecule has 0 radical (unpaired) electrons. The van der Waals surface area contributed by atoms with Gasteiger partial charge in [0.1, 0.15) is 60.7 Å². The van der Waals surface area contributed by atoms with Crippen LogP contribution in [0.4, 0.5) is 5.82 Å². The fourth-order valence-corrected chi connectivity index (χ4v) is 10.4. The van der Waals surface area contributed by atoms with Gasteiger partial charge in [-0.15, -0.1) is 0 Å². The average Bonchev–Trinajstić information content (AvgIpc) is 3.73. The molecule has 2 aromatic heterocycles. The second-order valence-electron chi connectivity index (χ2n) is 12.6. The zero-order chi connectivity index (χ0) is 38.6. The minimum absolute atomic E-state index is 0.0706. The Morgan fingerprint density at radius 1 is 0.778 bits per heavy atom. The van der Waals surface area contributed by atoms with Gasteiger partial charge in [-0.3, -0.25) is 18.2 Å². The lowest BCUT2D eigenvalue weighted by molar-refractivity contribution is -0.291. The highest BCUT2D eigenvalue weighted by Gasteiger charge is 2.51. The van der Waals surface area contributed by atoms with E-state index in [1.807, 2.05) is 0 Å². The van der Waals surface area contributed by atoms with Gasteiger partial charge in [0.25, 0.3) is 0 Å². The summed E-state index contributed by atoms with van der Waals surface area (Å²) in [5.74, 6) is -1.06. The maximum absolute atomic E-state index is 14.7. The van der Waals surface area contributed by atoms with E-state index >= 15 is 0 Å². The largest absolute Gasteiger partial charge is 0.394 e. The van der Waals surface area contributed by atoms with E-state index in [9.17, 15) is 44.9 Å². The molecule has 6 rings (SSSR count). The molecule has 2 saturated heterocycles. The lowest BCUT2D eigenvalue weighted by Crippen LogP contribution is -2.61. The van der Waals surface area contributed by atoms with Crippen molar-refractivity contribution in [2.45, 2.75) is 74.6 Å². The normalized spacial score (nSPS) is 30.2. The van der Waals surface area contributed by atoms with Crippen LogP contribution in [0.2, 0.25) is 0 Å². The number of nitrogen functional groups attached to an aromatic ring is 1. The van der Waals surface area contributed by atoms with Crippen LogP contribution < -0.4 is 5.73 Å². The number of aliphatic hydroxyl groups is 7. The van der Waals surface area contributed by atoms with Gasteiger partial charge >= 0.3 is 15.2 Å². The zero-order valence-electron chi connectivity index (χ0n) is 28.4. The van der Waals surface area contributed by atoms with Gasteiger partial charge in [-0.25, -0.2) is 15.0 Å². The molecule has 9 N–H and O–H groups in total. The first-order valence-electron chi connectivity index (χ1n) is 16.6. The minimum atomic E-state index is -4.84. The Balaban J connectivity index is 1.26. The van der Waals surface area contributed by atoms with Crippen LogP contribution in [0, 0.1) is 0 Å². The molecule has 54 heavy (non-hydrogen) atoms. The summed E-state index contributed by atoms with van der Waals surface area (Å²) in [6.07, 6.45) is -14.8. The first kappa shape index (κ1) is 40.4. The average molecular weight is 798 g/mol. The predicted octanol–water partition coefficient (Wildman–Crippen LogP) is -0.00100. The molecule has 4 heterocycles. The summed E-state index contributed by atoms with van der Waals surface area (Å²) in [7, 11) is -9.53. The van der Waals surface area contributed by atoms with E-state index in [1.165, 1.54) is 17.2 Å². The van der Waals surface area contributed by atoms with E-state index in [0.717, 1.165) is 0 Å². The summed E-state index contributed by atoms with van der Waals surface area (Å²) in [6, 6.07) is 16.8. The fraction of sp³-hybridized carbons (Fsp3) is 0.469. The highest BCUT2D eigenvalue weighted by atomic mass is 31.2. The fourth-order valence-electron chi connectivity index (χ4n) is 5.81. The predicted molar refractivity (Wildman–Crippen MR) is 185 cm³/mol. The van der Waals surface area contributed by atoms with Gasteiger partial charge in [-0.2, -0.15) is 0 Å². The molecule has 5 unspecified atom stereocenters. The number of aromatic nitrogens is 4. The third-order valence-electron chi connectivity index (χ3n) is 8.76. The van der Waals surface area contributed by atoms with Crippen LogP contribution in [-0.2, 0) is 49.9 Å². The number of aliphatic hydroxyl groups excluding tert-OH is 7. The molecule has 0 saturated carbocycles. The molecular formula is C32H41N5O15P2. The van der Waals surface area contributed by atoms with E-state index in [2.05, 4.69) is 15.0 Å². The van der Waals surface area contributed by atoms with Crippen molar-refractivity contribution >= 4 is 32.2 Å². The van der Waals surface area contributed by atoms with Crippen molar-refractivity contribution in [3.63, 3.8) is 0 Å². The monoisotopic (exact) mass is 797 g/mol. The van der Waals surface area contributed by atoms with Crippen molar-refractivity contribution in [1.29, 1.82) is 0 Å². The Kier molecular flexibility index (Phi) is 12.9. The van der Waals surface area contributed by atoms with E-state index in [-0.39, 0.29) is 23.6 Å². The van der Waals surface area contributed by atoms with Gasteiger partial charge in [0.15, 0.2) is 29.9 Å². The van der Waals surface area contributed by atoms with Gasteiger partial charge in [0, 0.05) is 0 Å². The first-order valence-corrected chi connectivity index (χ1v) is 20.1. The lowest BCUT2D eigenvalue weighted by atomic mass is 9.96. The van der Waals surface area contributed by atoms with Crippen molar-refractivity contribution in [2.75, 3.05) is 24.9 Å². The maximum Gasteiger partial charge on any atom is 0.345 e. The van der Waals surface area contributed by atoms with Crippen molar-refractivity contribution < 1.29 is 72.4 Å². The molecule has 2 aromatic carbocycles. The van der Waals surface area contributed by atoms with Crippen LogP contribution in [0.3, 0.4) is 0 Å². The standard InChI is InChI=1S/C32H41N5O15P2/c33-29-22-30(35-15-34-29)37(16-36-22)31-26(43)23(40)21(50-31)14-49-53(45,47-12-18-7-3-1-4-8-18)17-54(46,48-13-19-9-5-2-6-10-19)52-32-27(44)24(41)25(42)28(51-32)20(39)11-38/h1-10,15-16,20-21,23-28,31-32,38-44H,11-14,17H2,(H2,33,34,35)/t20-,21-,23?,24+,25+,26+,27?,28?,31-,32+,53?,54?/m1/s1.